The first kappa shape index (κ1) is 17.4. The Morgan fingerprint density at radius 1 is 1.15 bits per heavy atom. The van der Waals surface area contributed by atoms with E-state index >= 15 is 0 Å². The fourth-order valence-electron chi connectivity index (χ4n) is 3.62. The number of methoxy groups -OCH3 is 1. The van der Waals surface area contributed by atoms with Gasteiger partial charge >= 0.3 is 0 Å². The van der Waals surface area contributed by atoms with Gasteiger partial charge in [0.1, 0.15) is 18.1 Å². The van der Waals surface area contributed by atoms with E-state index in [9.17, 15) is 4.79 Å². The second kappa shape index (κ2) is 7.70. The molecule has 138 valence electrons. The van der Waals surface area contributed by atoms with Crippen LogP contribution in [0.5, 0.6) is 11.5 Å². The maximum absolute atomic E-state index is 12.6. The van der Waals surface area contributed by atoms with Gasteiger partial charge in [0.05, 0.1) is 13.0 Å². The van der Waals surface area contributed by atoms with Crippen LogP contribution < -0.4 is 14.8 Å². The predicted molar refractivity (Wildman–Crippen MR) is 106 cm³/mol. The number of rotatable bonds is 5. The third kappa shape index (κ3) is 3.75. The maximum Gasteiger partial charge on any atom is 0.226 e. The van der Waals surface area contributed by atoms with Gasteiger partial charge < -0.3 is 14.8 Å². The molecule has 0 saturated heterocycles. The summed E-state index contributed by atoms with van der Waals surface area (Å²) in [6.45, 7) is 1.03. The summed E-state index contributed by atoms with van der Waals surface area (Å²) in [5.74, 6) is 1.48. The van der Waals surface area contributed by atoms with Gasteiger partial charge in [0.15, 0.2) is 0 Å². The zero-order valence-corrected chi connectivity index (χ0v) is 15.4. The first-order valence-corrected chi connectivity index (χ1v) is 9.28. The molecule has 0 saturated carbocycles. The molecule has 1 heterocycles. The van der Waals surface area contributed by atoms with Gasteiger partial charge in [0.2, 0.25) is 5.91 Å². The predicted octanol–water partition coefficient (Wildman–Crippen LogP) is 3.76. The maximum atomic E-state index is 12.6. The highest BCUT2D eigenvalue weighted by Crippen LogP contribution is 2.31. The molecule has 1 N–H and O–H groups in total. The van der Waals surface area contributed by atoms with E-state index in [2.05, 4.69) is 41.7 Å². The summed E-state index contributed by atoms with van der Waals surface area (Å²) in [6.07, 6.45) is 1.51. The summed E-state index contributed by atoms with van der Waals surface area (Å²) in [5, 5.41) is 5.55. The lowest BCUT2D eigenvalue weighted by molar-refractivity contribution is -0.126. The average Bonchev–Trinajstić information content (AvgIpc) is 2.73. The zero-order chi connectivity index (χ0) is 18.6. The molecule has 0 unspecified atom stereocenters. The molecule has 1 aliphatic rings. The van der Waals surface area contributed by atoms with Crippen molar-refractivity contribution in [1.82, 2.24) is 5.32 Å². The van der Waals surface area contributed by atoms with Crippen molar-refractivity contribution in [2.75, 3.05) is 20.3 Å². The van der Waals surface area contributed by atoms with Crippen molar-refractivity contribution < 1.29 is 14.3 Å². The summed E-state index contributed by atoms with van der Waals surface area (Å²) in [5.41, 5.74) is 2.31. The van der Waals surface area contributed by atoms with Gasteiger partial charge in [0.25, 0.3) is 0 Å². The largest absolute Gasteiger partial charge is 0.497 e. The first-order valence-electron chi connectivity index (χ1n) is 9.28. The van der Waals surface area contributed by atoms with Crippen molar-refractivity contribution in [3.8, 4) is 11.5 Å². The molecule has 3 aromatic carbocycles. The number of benzene rings is 3. The van der Waals surface area contributed by atoms with Crippen LogP contribution in [0.1, 0.15) is 11.1 Å². The minimum atomic E-state index is -0.154. The number of hydrogen-bond acceptors (Lipinski definition) is 3. The van der Waals surface area contributed by atoms with E-state index in [4.69, 9.17) is 9.47 Å². The summed E-state index contributed by atoms with van der Waals surface area (Å²) in [4.78, 5) is 12.6. The molecule has 0 fully saturated rings. The van der Waals surface area contributed by atoms with Gasteiger partial charge in [-0.05, 0) is 40.8 Å². The van der Waals surface area contributed by atoms with Crippen molar-refractivity contribution in [3.63, 3.8) is 0 Å². The van der Waals surface area contributed by atoms with E-state index in [0.717, 1.165) is 23.5 Å². The van der Waals surface area contributed by atoms with Gasteiger partial charge in [-0.1, -0.05) is 48.5 Å². The zero-order valence-electron chi connectivity index (χ0n) is 15.4. The standard InChI is InChI=1S/C23H23NO3/c1-26-20-10-9-18-13-19(15-27-22(18)14-20)23(25)24-12-11-17-7-4-6-16-5-2-3-8-21(16)17/h2-10,14,19H,11-13,15H2,1H3,(H,24,25)/t19-/m0/s1. The van der Waals surface area contributed by atoms with E-state index < -0.39 is 0 Å². The SMILES string of the molecule is COc1ccc2c(c1)OC[C@@H](C(=O)NCCc1cccc3ccccc13)C2. The van der Waals surface area contributed by atoms with Crippen LogP contribution in [-0.2, 0) is 17.6 Å². The Morgan fingerprint density at radius 2 is 2.00 bits per heavy atom. The van der Waals surface area contributed by atoms with Gasteiger partial charge in [-0.25, -0.2) is 0 Å². The fourth-order valence-corrected chi connectivity index (χ4v) is 3.62. The molecule has 1 amide bonds. The number of hydrogen-bond donors (Lipinski definition) is 1. The monoisotopic (exact) mass is 361 g/mol. The van der Waals surface area contributed by atoms with Crippen LogP contribution in [0.2, 0.25) is 0 Å². The lowest BCUT2D eigenvalue weighted by Gasteiger charge is -2.25. The summed E-state index contributed by atoms with van der Waals surface area (Å²) in [7, 11) is 1.64. The average molecular weight is 361 g/mol. The van der Waals surface area contributed by atoms with Crippen LogP contribution in [0.15, 0.2) is 60.7 Å². The molecule has 1 atom stereocenters. The topological polar surface area (TPSA) is 47.6 Å². The van der Waals surface area contributed by atoms with Crippen LogP contribution in [-0.4, -0.2) is 26.2 Å². The lowest BCUT2D eigenvalue weighted by Crippen LogP contribution is -2.38. The Labute approximate surface area is 159 Å². The normalized spacial score (nSPS) is 15.7. The van der Waals surface area contributed by atoms with Crippen LogP contribution in [0.25, 0.3) is 10.8 Å². The first-order chi connectivity index (χ1) is 13.2. The van der Waals surface area contributed by atoms with Crippen LogP contribution >= 0.6 is 0 Å². The number of ether oxygens (including phenoxy) is 2. The molecular formula is C23H23NO3. The van der Waals surface area contributed by atoms with Crippen LogP contribution in [0.3, 0.4) is 0 Å². The quantitative estimate of drug-likeness (QED) is 0.753. The smallest absolute Gasteiger partial charge is 0.226 e. The summed E-state index contributed by atoms with van der Waals surface area (Å²) in [6, 6.07) is 20.4. The van der Waals surface area contributed by atoms with Crippen LogP contribution in [0, 0.1) is 5.92 Å². The van der Waals surface area contributed by atoms with E-state index in [1.807, 2.05) is 24.3 Å². The highest BCUT2D eigenvalue weighted by Gasteiger charge is 2.26. The Balaban J connectivity index is 1.36. The third-order valence-corrected chi connectivity index (χ3v) is 5.12. The van der Waals surface area contributed by atoms with Gasteiger partial charge in [0, 0.05) is 12.6 Å². The Bertz CT molecular complexity index is 961. The van der Waals surface area contributed by atoms with Crippen molar-refractivity contribution in [3.05, 3.63) is 71.8 Å². The molecule has 0 spiro atoms. The van der Waals surface area contributed by atoms with Gasteiger partial charge in [-0.15, -0.1) is 0 Å². The van der Waals surface area contributed by atoms with Crippen LogP contribution in [0.4, 0.5) is 0 Å². The molecular weight excluding hydrogens is 338 g/mol. The highest BCUT2D eigenvalue weighted by molar-refractivity contribution is 5.85. The Kier molecular flexibility index (Phi) is 4.97. The number of fused-ring (bicyclic) bond motifs is 2. The molecule has 4 heteroatoms. The molecule has 4 rings (SSSR count). The molecule has 1 aliphatic heterocycles. The summed E-state index contributed by atoms with van der Waals surface area (Å²) < 4.78 is 11.0. The number of nitrogens with one attached hydrogen (secondary N) is 1. The van der Waals surface area contributed by atoms with E-state index in [1.165, 1.54) is 16.3 Å². The molecule has 0 aromatic heterocycles. The van der Waals surface area contributed by atoms with E-state index in [1.54, 1.807) is 7.11 Å². The van der Waals surface area contributed by atoms with Crippen molar-refractivity contribution in [2.24, 2.45) is 5.92 Å². The molecule has 3 aromatic rings. The highest BCUT2D eigenvalue weighted by atomic mass is 16.5. The Morgan fingerprint density at radius 3 is 2.89 bits per heavy atom. The number of carbonyl (C=O) groups is 1. The molecule has 0 radical (unpaired) electrons. The minimum absolute atomic E-state index is 0.0525. The van der Waals surface area contributed by atoms with Crippen molar-refractivity contribution in [2.45, 2.75) is 12.8 Å². The summed E-state index contributed by atoms with van der Waals surface area (Å²) >= 11 is 0. The molecule has 27 heavy (non-hydrogen) atoms. The number of carbonyl (C=O) groups excluding carboxylic acids is 1. The third-order valence-electron chi connectivity index (χ3n) is 5.12. The fraction of sp³-hybridized carbons (Fsp3) is 0.261. The minimum Gasteiger partial charge on any atom is -0.497 e. The number of amides is 1. The molecule has 4 nitrogen and oxygen atoms in total. The van der Waals surface area contributed by atoms with Crippen molar-refractivity contribution >= 4 is 16.7 Å². The van der Waals surface area contributed by atoms with Gasteiger partial charge in [-0.3, -0.25) is 4.79 Å². The van der Waals surface area contributed by atoms with Crippen molar-refractivity contribution in [1.29, 1.82) is 0 Å². The molecule has 0 aliphatic carbocycles. The second-order valence-corrected chi connectivity index (χ2v) is 6.87. The lowest BCUT2D eigenvalue weighted by atomic mass is 9.95. The second-order valence-electron chi connectivity index (χ2n) is 6.87. The Hall–Kier alpha value is -3.01. The van der Waals surface area contributed by atoms with E-state index in [0.29, 0.717) is 19.6 Å². The molecule has 0 bridgehead atoms. The van der Waals surface area contributed by atoms with Gasteiger partial charge in [-0.2, -0.15) is 0 Å². The van der Waals surface area contributed by atoms with E-state index in [-0.39, 0.29) is 11.8 Å².